The maximum atomic E-state index is 13.3. The summed E-state index contributed by atoms with van der Waals surface area (Å²) in [7, 11) is 0. The number of furan rings is 1. The minimum absolute atomic E-state index is 0.124. The van der Waals surface area contributed by atoms with Gasteiger partial charge in [0.05, 0.1) is 23.0 Å². The lowest BCUT2D eigenvalue weighted by Crippen LogP contribution is -2.16. The predicted molar refractivity (Wildman–Crippen MR) is 124 cm³/mol. The van der Waals surface area contributed by atoms with Gasteiger partial charge in [-0.05, 0) is 66.5 Å². The summed E-state index contributed by atoms with van der Waals surface area (Å²) in [5, 5.41) is 0.709. The molecule has 0 spiro atoms. The molecule has 168 valence electrons. The lowest BCUT2D eigenvalue weighted by Gasteiger charge is -2.12. The number of carbonyl (C=O) groups excluding carboxylic acids is 2. The Morgan fingerprint density at radius 2 is 1.88 bits per heavy atom. The topological polar surface area (TPSA) is 87.9 Å². The van der Waals surface area contributed by atoms with Crippen LogP contribution in [0.25, 0.3) is 22.6 Å². The van der Waals surface area contributed by atoms with Crippen molar-refractivity contribution in [3.63, 3.8) is 0 Å². The van der Waals surface area contributed by atoms with Crippen LogP contribution in [-0.4, -0.2) is 30.1 Å². The van der Waals surface area contributed by atoms with E-state index in [0.29, 0.717) is 39.9 Å². The summed E-state index contributed by atoms with van der Waals surface area (Å²) in [6.45, 7) is -0.252. The van der Waals surface area contributed by atoms with E-state index in [1.807, 2.05) is 42.5 Å². The van der Waals surface area contributed by atoms with Crippen LogP contribution in [0.1, 0.15) is 44.2 Å². The molecule has 4 aromatic rings. The van der Waals surface area contributed by atoms with E-state index in [1.165, 1.54) is 0 Å². The number of esters is 1. The van der Waals surface area contributed by atoms with Gasteiger partial charge in [0.1, 0.15) is 5.76 Å². The molecule has 2 aromatic heterocycles. The SMILES string of the molecule is O=C(COC(=O)c1c2c(nc3ccccc13)/C(=C/c1ccco1)CC2)c1ccc2c(c1)OCO2. The second-order valence-corrected chi connectivity index (χ2v) is 8.08. The van der Waals surface area contributed by atoms with Crippen molar-refractivity contribution < 1.29 is 28.2 Å². The third-order valence-corrected chi connectivity index (χ3v) is 6.03. The van der Waals surface area contributed by atoms with E-state index in [-0.39, 0.29) is 19.2 Å². The van der Waals surface area contributed by atoms with Crippen molar-refractivity contribution >= 4 is 34.3 Å². The number of carbonyl (C=O) groups is 2. The molecule has 1 aliphatic carbocycles. The van der Waals surface area contributed by atoms with Crippen molar-refractivity contribution in [2.24, 2.45) is 0 Å². The first-order valence-electron chi connectivity index (χ1n) is 10.9. The molecule has 7 nitrogen and oxygen atoms in total. The Morgan fingerprint density at radius 1 is 1.00 bits per heavy atom. The third-order valence-electron chi connectivity index (χ3n) is 6.03. The van der Waals surface area contributed by atoms with Crippen LogP contribution in [0.3, 0.4) is 0 Å². The van der Waals surface area contributed by atoms with Crippen LogP contribution in [0.5, 0.6) is 11.5 Å². The Labute approximate surface area is 194 Å². The van der Waals surface area contributed by atoms with Gasteiger partial charge in [-0.15, -0.1) is 0 Å². The number of ketones is 1. The minimum atomic E-state index is -0.539. The average molecular weight is 453 g/mol. The number of allylic oxidation sites excluding steroid dienone is 1. The normalized spacial score (nSPS) is 15.0. The summed E-state index contributed by atoms with van der Waals surface area (Å²) in [6, 6.07) is 16.1. The van der Waals surface area contributed by atoms with Crippen molar-refractivity contribution in [1.82, 2.24) is 4.98 Å². The number of ether oxygens (including phenoxy) is 3. The molecule has 0 saturated carbocycles. The van der Waals surface area contributed by atoms with Crippen molar-refractivity contribution in [3.8, 4) is 11.5 Å². The number of hydrogen-bond acceptors (Lipinski definition) is 7. The Morgan fingerprint density at radius 3 is 2.76 bits per heavy atom. The standard InChI is InChI=1S/C27H19NO6/c29-22(16-8-10-23-24(13-16)34-15-33-23)14-32-27(30)25-19-5-1-2-6-21(19)28-26-17(7-9-20(25)26)12-18-4-3-11-31-18/h1-6,8,10-13H,7,9,14-15H2/b17-12+. The van der Waals surface area contributed by atoms with E-state index in [9.17, 15) is 9.59 Å². The number of pyridine rings is 1. The molecule has 0 bridgehead atoms. The van der Waals surface area contributed by atoms with Gasteiger partial charge in [0.2, 0.25) is 6.79 Å². The van der Waals surface area contributed by atoms with Crippen molar-refractivity contribution in [1.29, 1.82) is 0 Å². The summed E-state index contributed by atoms with van der Waals surface area (Å²) in [5.74, 6) is 0.969. The number of hydrogen-bond donors (Lipinski definition) is 0. The first kappa shape index (κ1) is 20.2. The van der Waals surface area contributed by atoms with E-state index >= 15 is 0 Å². The Bertz CT molecular complexity index is 1470. The van der Waals surface area contributed by atoms with Crippen LogP contribution >= 0.6 is 0 Å². The van der Waals surface area contributed by atoms with E-state index < -0.39 is 5.97 Å². The number of fused-ring (bicyclic) bond motifs is 3. The fourth-order valence-electron chi connectivity index (χ4n) is 4.41. The molecule has 0 radical (unpaired) electrons. The van der Waals surface area contributed by atoms with Gasteiger partial charge in [0.15, 0.2) is 23.9 Å². The Kier molecular flexibility index (Phi) is 4.87. The molecule has 0 amide bonds. The van der Waals surface area contributed by atoms with Gasteiger partial charge in [-0.25, -0.2) is 9.78 Å². The molecule has 0 N–H and O–H groups in total. The highest BCUT2D eigenvalue weighted by Crippen LogP contribution is 2.38. The number of nitrogens with zero attached hydrogens (tertiary/aromatic N) is 1. The van der Waals surface area contributed by atoms with Gasteiger partial charge in [-0.3, -0.25) is 4.79 Å². The monoisotopic (exact) mass is 453 g/mol. The second-order valence-electron chi connectivity index (χ2n) is 8.08. The zero-order valence-electron chi connectivity index (χ0n) is 18.1. The van der Waals surface area contributed by atoms with Crippen LogP contribution in [0.2, 0.25) is 0 Å². The molecule has 3 heterocycles. The quantitative estimate of drug-likeness (QED) is 0.307. The van der Waals surface area contributed by atoms with Gasteiger partial charge in [-0.2, -0.15) is 0 Å². The molecule has 0 atom stereocenters. The molecular formula is C27H19NO6. The molecule has 6 rings (SSSR count). The number of aromatic nitrogens is 1. The fraction of sp³-hybridized carbons (Fsp3) is 0.148. The molecule has 34 heavy (non-hydrogen) atoms. The van der Waals surface area contributed by atoms with Gasteiger partial charge in [-0.1, -0.05) is 18.2 Å². The van der Waals surface area contributed by atoms with E-state index in [1.54, 1.807) is 24.5 Å². The highest BCUT2D eigenvalue weighted by atomic mass is 16.7. The lowest BCUT2D eigenvalue weighted by atomic mass is 10.0. The number of rotatable bonds is 5. The maximum Gasteiger partial charge on any atom is 0.339 e. The lowest BCUT2D eigenvalue weighted by molar-refractivity contribution is 0.0475. The van der Waals surface area contributed by atoms with Gasteiger partial charge in [0.25, 0.3) is 0 Å². The molecule has 7 heteroatoms. The van der Waals surface area contributed by atoms with Crippen LogP contribution in [-0.2, 0) is 11.2 Å². The molecule has 2 aromatic carbocycles. The summed E-state index contributed by atoms with van der Waals surface area (Å²) in [4.78, 5) is 30.8. The highest BCUT2D eigenvalue weighted by Gasteiger charge is 2.28. The molecule has 0 unspecified atom stereocenters. The number of para-hydroxylation sites is 1. The average Bonchev–Trinajstić information content (AvgIpc) is 3.62. The third kappa shape index (κ3) is 3.51. The predicted octanol–water partition coefficient (Wildman–Crippen LogP) is 5.08. The molecular weight excluding hydrogens is 434 g/mol. The fourth-order valence-corrected chi connectivity index (χ4v) is 4.41. The highest BCUT2D eigenvalue weighted by molar-refractivity contribution is 6.08. The van der Waals surface area contributed by atoms with E-state index in [4.69, 9.17) is 23.6 Å². The van der Waals surface area contributed by atoms with Crippen LogP contribution in [0, 0.1) is 0 Å². The largest absolute Gasteiger partial charge is 0.465 e. The zero-order chi connectivity index (χ0) is 23.1. The van der Waals surface area contributed by atoms with Crippen LogP contribution in [0.15, 0.2) is 65.3 Å². The number of Topliss-reactive ketones (excluding diaryl/α,β-unsaturated/α-hetero) is 1. The summed E-state index contributed by atoms with van der Waals surface area (Å²) >= 11 is 0. The van der Waals surface area contributed by atoms with Gasteiger partial charge < -0.3 is 18.6 Å². The van der Waals surface area contributed by atoms with E-state index in [0.717, 1.165) is 29.0 Å². The summed E-state index contributed by atoms with van der Waals surface area (Å²) in [6.07, 6.45) is 4.96. The molecule has 0 fully saturated rings. The molecule has 2 aliphatic rings. The zero-order valence-corrected chi connectivity index (χ0v) is 18.1. The summed E-state index contributed by atoms with van der Waals surface area (Å²) < 4.78 is 21.6. The van der Waals surface area contributed by atoms with Crippen molar-refractivity contribution in [3.05, 3.63) is 89.0 Å². The van der Waals surface area contributed by atoms with E-state index in [2.05, 4.69) is 0 Å². The minimum Gasteiger partial charge on any atom is -0.465 e. The van der Waals surface area contributed by atoms with Crippen molar-refractivity contribution in [2.75, 3.05) is 13.4 Å². The first-order valence-corrected chi connectivity index (χ1v) is 10.9. The van der Waals surface area contributed by atoms with Crippen molar-refractivity contribution in [2.45, 2.75) is 12.8 Å². The Hall–Kier alpha value is -4.39. The van der Waals surface area contributed by atoms with Gasteiger partial charge >= 0.3 is 5.97 Å². The Balaban J connectivity index is 1.31. The molecule has 0 saturated heterocycles. The maximum absolute atomic E-state index is 13.3. The number of benzene rings is 2. The smallest absolute Gasteiger partial charge is 0.339 e. The second kappa shape index (κ2) is 8.19. The molecule has 1 aliphatic heterocycles. The van der Waals surface area contributed by atoms with Gasteiger partial charge in [0, 0.05) is 10.9 Å². The first-order chi connectivity index (χ1) is 16.7. The summed E-state index contributed by atoms with van der Waals surface area (Å²) in [5.41, 5.74) is 4.15. The van der Waals surface area contributed by atoms with Crippen LogP contribution in [0.4, 0.5) is 0 Å². The van der Waals surface area contributed by atoms with Crippen LogP contribution < -0.4 is 9.47 Å².